The second-order valence-electron chi connectivity index (χ2n) is 5.50. The minimum absolute atomic E-state index is 0.115. The zero-order chi connectivity index (χ0) is 14.9. The summed E-state index contributed by atoms with van der Waals surface area (Å²) in [4.78, 5) is 18.2. The highest BCUT2D eigenvalue weighted by Gasteiger charge is 2.00. The third-order valence-corrected chi connectivity index (χ3v) is 3.72. The van der Waals surface area contributed by atoms with Crippen LogP contribution in [0.2, 0.25) is 0 Å². The molecule has 0 bridgehead atoms. The van der Waals surface area contributed by atoms with Crippen molar-refractivity contribution in [1.82, 2.24) is 9.97 Å². The van der Waals surface area contributed by atoms with Crippen LogP contribution >= 0.6 is 0 Å². The number of aromatic nitrogens is 2. The van der Waals surface area contributed by atoms with Gasteiger partial charge in [-0.3, -0.25) is 4.79 Å². The summed E-state index contributed by atoms with van der Waals surface area (Å²) >= 11 is 0. The summed E-state index contributed by atoms with van der Waals surface area (Å²) in [5, 5.41) is 0. The van der Waals surface area contributed by atoms with Gasteiger partial charge in [-0.15, -0.1) is 0 Å². The van der Waals surface area contributed by atoms with E-state index in [9.17, 15) is 4.79 Å². The smallest absolute Gasteiger partial charge is 0.251 e. The maximum absolute atomic E-state index is 11.3. The van der Waals surface area contributed by atoms with Gasteiger partial charge in [0.15, 0.2) is 0 Å². The molecule has 3 nitrogen and oxygen atoms in total. The van der Waals surface area contributed by atoms with Crippen molar-refractivity contribution in [3.8, 4) is 11.4 Å². The predicted molar refractivity (Wildman–Crippen MR) is 87.4 cm³/mol. The third kappa shape index (κ3) is 5.18. The summed E-state index contributed by atoms with van der Waals surface area (Å²) in [6.45, 7) is 2.25. The highest BCUT2D eigenvalue weighted by Crippen LogP contribution is 2.16. The van der Waals surface area contributed by atoms with Gasteiger partial charge in [-0.1, -0.05) is 63.3 Å². The first kappa shape index (κ1) is 15.5. The first-order valence-corrected chi connectivity index (χ1v) is 7.94. The van der Waals surface area contributed by atoms with Gasteiger partial charge in [0.05, 0.1) is 0 Å². The Morgan fingerprint density at radius 2 is 1.67 bits per heavy atom. The molecule has 0 unspecified atom stereocenters. The van der Waals surface area contributed by atoms with Crippen LogP contribution in [0.5, 0.6) is 0 Å². The van der Waals surface area contributed by atoms with Crippen LogP contribution in [0.1, 0.15) is 51.0 Å². The fourth-order valence-corrected chi connectivity index (χ4v) is 2.46. The monoisotopic (exact) mass is 284 g/mol. The number of rotatable bonds is 8. The molecular weight excluding hydrogens is 260 g/mol. The van der Waals surface area contributed by atoms with Crippen molar-refractivity contribution in [2.45, 2.75) is 51.9 Å². The van der Waals surface area contributed by atoms with Crippen LogP contribution in [0.3, 0.4) is 0 Å². The zero-order valence-corrected chi connectivity index (χ0v) is 12.8. The zero-order valence-electron chi connectivity index (χ0n) is 12.8. The Kier molecular flexibility index (Phi) is 6.20. The first-order chi connectivity index (χ1) is 10.3. The van der Waals surface area contributed by atoms with Gasteiger partial charge in [0, 0.05) is 17.8 Å². The number of nitrogens with one attached hydrogen (secondary N) is 1. The molecule has 0 radical (unpaired) electrons. The third-order valence-electron chi connectivity index (χ3n) is 3.72. The van der Waals surface area contributed by atoms with Crippen LogP contribution in [0.25, 0.3) is 11.4 Å². The Bertz CT molecular complexity index is 587. The minimum atomic E-state index is -0.115. The van der Waals surface area contributed by atoms with E-state index in [0.29, 0.717) is 5.82 Å². The van der Waals surface area contributed by atoms with E-state index in [0.717, 1.165) is 12.0 Å². The topological polar surface area (TPSA) is 45.8 Å². The average Bonchev–Trinajstić information content (AvgIpc) is 2.51. The van der Waals surface area contributed by atoms with Gasteiger partial charge in [0.2, 0.25) is 0 Å². The number of hydrogen-bond donors (Lipinski definition) is 1. The number of H-pyrrole nitrogens is 1. The average molecular weight is 284 g/mol. The Labute approximate surface area is 126 Å². The van der Waals surface area contributed by atoms with E-state index >= 15 is 0 Å². The van der Waals surface area contributed by atoms with E-state index in [1.54, 1.807) is 6.20 Å². The standard InChI is InChI=1S/C18H24N2O/c1-2-3-4-5-6-7-8-15-9-11-16(12-10-15)18-19-14-13-17(21)20-18/h9-14H,2-8H2,1H3,(H,19,20,21). The summed E-state index contributed by atoms with van der Waals surface area (Å²) < 4.78 is 0. The molecule has 0 aliphatic carbocycles. The summed E-state index contributed by atoms with van der Waals surface area (Å²) in [6, 6.07) is 9.76. The molecule has 0 saturated carbocycles. The molecule has 0 spiro atoms. The van der Waals surface area contributed by atoms with Gasteiger partial charge >= 0.3 is 0 Å². The number of aryl methyl sites for hydroxylation is 1. The predicted octanol–water partition coefficient (Wildman–Crippen LogP) is 4.34. The van der Waals surface area contributed by atoms with Crippen molar-refractivity contribution < 1.29 is 0 Å². The summed E-state index contributed by atoms with van der Waals surface area (Å²) in [5.41, 5.74) is 2.20. The normalized spacial score (nSPS) is 10.7. The molecule has 112 valence electrons. The van der Waals surface area contributed by atoms with E-state index in [1.807, 2.05) is 12.1 Å². The van der Waals surface area contributed by atoms with Crippen molar-refractivity contribution in [1.29, 1.82) is 0 Å². The molecule has 1 aromatic carbocycles. The van der Waals surface area contributed by atoms with E-state index in [-0.39, 0.29) is 5.56 Å². The molecule has 0 saturated heterocycles. The van der Waals surface area contributed by atoms with Crippen LogP contribution in [0.15, 0.2) is 41.3 Å². The number of unbranched alkanes of at least 4 members (excludes halogenated alkanes) is 5. The molecule has 0 fully saturated rings. The van der Waals surface area contributed by atoms with Crippen molar-refractivity contribution in [3.05, 3.63) is 52.4 Å². The fraction of sp³-hybridized carbons (Fsp3) is 0.444. The van der Waals surface area contributed by atoms with Gasteiger partial charge in [-0.25, -0.2) is 4.98 Å². The van der Waals surface area contributed by atoms with Crippen molar-refractivity contribution >= 4 is 0 Å². The van der Waals surface area contributed by atoms with Crippen LogP contribution < -0.4 is 5.56 Å². The Balaban J connectivity index is 1.83. The first-order valence-electron chi connectivity index (χ1n) is 7.94. The highest BCUT2D eigenvalue weighted by molar-refractivity contribution is 5.54. The molecule has 21 heavy (non-hydrogen) atoms. The van der Waals surface area contributed by atoms with Gasteiger partial charge in [0.1, 0.15) is 5.82 Å². The molecule has 1 aromatic heterocycles. The maximum atomic E-state index is 11.3. The Hall–Kier alpha value is -1.90. The molecule has 2 aromatic rings. The SMILES string of the molecule is CCCCCCCCc1ccc(-c2nccc(=O)[nH]2)cc1. The van der Waals surface area contributed by atoms with Crippen LogP contribution in [-0.2, 0) is 6.42 Å². The van der Waals surface area contributed by atoms with Crippen molar-refractivity contribution in [2.75, 3.05) is 0 Å². The van der Waals surface area contributed by atoms with Gasteiger partial charge in [-0.05, 0) is 18.4 Å². The number of nitrogens with zero attached hydrogens (tertiary/aromatic N) is 1. The van der Waals surface area contributed by atoms with E-state index in [1.165, 1.54) is 50.2 Å². The molecule has 0 atom stereocenters. The summed E-state index contributed by atoms with van der Waals surface area (Å²) in [5.74, 6) is 0.633. The molecular formula is C18H24N2O. The van der Waals surface area contributed by atoms with E-state index in [2.05, 4.69) is 29.0 Å². The molecule has 3 heteroatoms. The fourth-order valence-electron chi connectivity index (χ4n) is 2.46. The largest absolute Gasteiger partial charge is 0.307 e. The lowest BCUT2D eigenvalue weighted by Crippen LogP contribution is -2.05. The van der Waals surface area contributed by atoms with Gasteiger partial charge < -0.3 is 4.98 Å². The van der Waals surface area contributed by atoms with E-state index in [4.69, 9.17) is 0 Å². The minimum Gasteiger partial charge on any atom is -0.307 e. The molecule has 0 aliphatic rings. The number of benzene rings is 1. The lowest BCUT2D eigenvalue weighted by atomic mass is 10.0. The molecule has 1 N–H and O–H groups in total. The number of hydrogen-bond acceptors (Lipinski definition) is 2. The highest BCUT2D eigenvalue weighted by atomic mass is 16.1. The van der Waals surface area contributed by atoms with Gasteiger partial charge in [0.25, 0.3) is 5.56 Å². The Morgan fingerprint density at radius 1 is 0.952 bits per heavy atom. The van der Waals surface area contributed by atoms with Crippen LogP contribution in [0.4, 0.5) is 0 Å². The summed E-state index contributed by atoms with van der Waals surface area (Å²) in [6.07, 6.45) is 10.6. The molecule has 2 rings (SSSR count). The maximum Gasteiger partial charge on any atom is 0.251 e. The van der Waals surface area contributed by atoms with Crippen LogP contribution in [0, 0.1) is 0 Å². The van der Waals surface area contributed by atoms with Gasteiger partial charge in [-0.2, -0.15) is 0 Å². The van der Waals surface area contributed by atoms with E-state index < -0.39 is 0 Å². The van der Waals surface area contributed by atoms with Crippen molar-refractivity contribution in [3.63, 3.8) is 0 Å². The quantitative estimate of drug-likeness (QED) is 0.733. The lowest BCUT2D eigenvalue weighted by molar-refractivity contribution is 0.607. The number of aromatic amines is 1. The second-order valence-corrected chi connectivity index (χ2v) is 5.50. The van der Waals surface area contributed by atoms with Crippen LogP contribution in [-0.4, -0.2) is 9.97 Å². The Morgan fingerprint density at radius 3 is 2.38 bits per heavy atom. The summed E-state index contributed by atoms with van der Waals surface area (Å²) in [7, 11) is 0. The molecule has 0 amide bonds. The van der Waals surface area contributed by atoms with Crippen molar-refractivity contribution in [2.24, 2.45) is 0 Å². The molecule has 1 heterocycles. The molecule has 0 aliphatic heterocycles. The lowest BCUT2D eigenvalue weighted by Gasteiger charge is -2.04. The second kappa shape index (κ2) is 8.40.